The van der Waals surface area contributed by atoms with Gasteiger partial charge in [0.1, 0.15) is 0 Å². The molecule has 10 atom stereocenters. The van der Waals surface area contributed by atoms with Crippen molar-refractivity contribution < 1.29 is 10.2 Å². The Hall–Kier alpha value is -0.340. The fraction of sp³-hybridized carbons (Fsp3) is 0.935. The lowest BCUT2D eigenvalue weighted by Crippen LogP contribution is -2.66. The molecule has 0 amide bonds. The molecule has 0 saturated heterocycles. The van der Waals surface area contributed by atoms with E-state index in [4.69, 9.17) is 0 Å². The van der Waals surface area contributed by atoms with Gasteiger partial charge in [0.25, 0.3) is 0 Å². The zero-order chi connectivity index (χ0) is 24.4. The Morgan fingerprint density at radius 2 is 1.42 bits per heavy atom. The highest BCUT2D eigenvalue weighted by atomic mass is 16.3. The van der Waals surface area contributed by atoms with Crippen molar-refractivity contribution in [2.75, 3.05) is 0 Å². The largest absolute Gasteiger partial charge is 0.392 e. The van der Waals surface area contributed by atoms with E-state index in [1.54, 1.807) is 5.57 Å². The molecule has 5 aliphatic carbocycles. The summed E-state index contributed by atoms with van der Waals surface area (Å²) in [5.74, 6) is 1.91. The predicted molar refractivity (Wildman–Crippen MR) is 137 cm³/mol. The minimum atomic E-state index is -0.238. The van der Waals surface area contributed by atoms with Crippen molar-refractivity contribution >= 4 is 0 Å². The zero-order valence-corrected chi connectivity index (χ0v) is 23.1. The quantitative estimate of drug-likeness (QED) is 0.373. The second-order valence-electron chi connectivity index (χ2n) is 15.8. The van der Waals surface area contributed by atoms with Crippen molar-refractivity contribution in [2.24, 2.45) is 56.2 Å². The second-order valence-corrected chi connectivity index (χ2v) is 15.8. The SMILES string of the molecule is CC1CC2(C)C(CCC3(C)C2CC=C2C4C(O)C(C)(C)CCC4(C)CCC23C)C(C)(C)C1O. The Morgan fingerprint density at radius 1 is 0.788 bits per heavy atom. The summed E-state index contributed by atoms with van der Waals surface area (Å²) in [5, 5.41) is 22.9. The molecular formula is C31H52O2. The van der Waals surface area contributed by atoms with Gasteiger partial charge in [-0.05, 0) is 102 Å². The molecule has 0 aliphatic heterocycles. The highest BCUT2D eigenvalue weighted by Gasteiger charge is 2.69. The van der Waals surface area contributed by atoms with Gasteiger partial charge in [-0.3, -0.25) is 0 Å². The van der Waals surface area contributed by atoms with Gasteiger partial charge in [-0.15, -0.1) is 0 Å². The van der Waals surface area contributed by atoms with E-state index in [1.807, 2.05) is 0 Å². The van der Waals surface area contributed by atoms with E-state index in [0.29, 0.717) is 23.7 Å². The van der Waals surface area contributed by atoms with Crippen molar-refractivity contribution in [3.05, 3.63) is 11.6 Å². The van der Waals surface area contributed by atoms with Crippen LogP contribution in [-0.4, -0.2) is 22.4 Å². The molecule has 2 nitrogen and oxygen atoms in total. The van der Waals surface area contributed by atoms with Crippen LogP contribution in [-0.2, 0) is 0 Å². The summed E-state index contributed by atoms with van der Waals surface area (Å²) >= 11 is 0. The van der Waals surface area contributed by atoms with Crippen molar-refractivity contribution in [3.8, 4) is 0 Å². The van der Waals surface area contributed by atoms with E-state index < -0.39 is 0 Å². The molecule has 33 heavy (non-hydrogen) atoms. The number of hydrogen-bond acceptors (Lipinski definition) is 2. The third kappa shape index (κ3) is 2.86. The normalized spacial score (nSPS) is 57.1. The molecule has 0 aromatic carbocycles. The summed E-state index contributed by atoms with van der Waals surface area (Å²) < 4.78 is 0. The Balaban J connectivity index is 1.61. The van der Waals surface area contributed by atoms with Crippen LogP contribution in [0.4, 0.5) is 0 Å². The Kier molecular flexibility index (Phi) is 5.10. The minimum absolute atomic E-state index is 0.00360. The molecule has 5 rings (SSSR count). The molecule has 4 fully saturated rings. The van der Waals surface area contributed by atoms with E-state index in [0.717, 1.165) is 19.3 Å². The van der Waals surface area contributed by atoms with E-state index in [2.05, 4.69) is 68.4 Å². The maximum atomic E-state index is 11.7. The molecule has 188 valence electrons. The molecule has 0 aromatic heterocycles. The van der Waals surface area contributed by atoms with Crippen molar-refractivity contribution in [1.29, 1.82) is 0 Å². The van der Waals surface area contributed by atoms with E-state index in [9.17, 15) is 10.2 Å². The van der Waals surface area contributed by atoms with Crippen LogP contribution in [0.15, 0.2) is 11.6 Å². The lowest BCUT2D eigenvalue weighted by Gasteiger charge is -2.72. The molecule has 0 radical (unpaired) electrons. The van der Waals surface area contributed by atoms with Crippen LogP contribution in [0, 0.1) is 56.2 Å². The summed E-state index contributed by atoms with van der Waals surface area (Å²) in [5.41, 5.74) is 2.56. The number of aliphatic hydroxyl groups excluding tert-OH is 2. The lowest BCUT2D eigenvalue weighted by molar-refractivity contribution is -0.220. The maximum Gasteiger partial charge on any atom is 0.0661 e. The van der Waals surface area contributed by atoms with Crippen LogP contribution >= 0.6 is 0 Å². The monoisotopic (exact) mass is 456 g/mol. The molecule has 0 aromatic rings. The summed E-state index contributed by atoms with van der Waals surface area (Å²) in [6.45, 7) is 21.9. The Bertz CT molecular complexity index is 855. The summed E-state index contributed by atoms with van der Waals surface area (Å²) in [6.07, 6.45) is 11.9. The van der Waals surface area contributed by atoms with Gasteiger partial charge in [0.05, 0.1) is 12.2 Å². The molecule has 0 spiro atoms. The molecule has 2 N–H and O–H groups in total. The van der Waals surface area contributed by atoms with Gasteiger partial charge in [0, 0.05) is 5.92 Å². The third-order valence-electron chi connectivity index (χ3n) is 13.5. The van der Waals surface area contributed by atoms with Gasteiger partial charge in [-0.2, -0.15) is 0 Å². The average Bonchev–Trinajstić information content (AvgIpc) is 2.71. The van der Waals surface area contributed by atoms with Gasteiger partial charge < -0.3 is 10.2 Å². The Labute approximate surface area is 204 Å². The first kappa shape index (κ1) is 24.4. The maximum absolute atomic E-state index is 11.7. The van der Waals surface area contributed by atoms with Crippen molar-refractivity contribution in [1.82, 2.24) is 0 Å². The number of aliphatic hydroxyl groups is 2. The summed E-state index contributed by atoms with van der Waals surface area (Å²) in [6, 6.07) is 0. The van der Waals surface area contributed by atoms with Gasteiger partial charge in [0.15, 0.2) is 0 Å². The molecule has 0 heterocycles. The first-order chi connectivity index (χ1) is 15.0. The highest BCUT2D eigenvalue weighted by molar-refractivity contribution is 5.34. The van der Waals surface area contributed by atoms with Crippen LogP contribution in [0.1, 0.15) is 114 Å². The summed E-state index contributed by atoms with van der Waals surface area (Å²) in [7, 11) is 0. The first-order valence-electron chi connectivity index (χ1n) is 14.1. The molecule has 0 bridgehead atoms. The topological polar surface area (TPSA) is 40.5 Å². The number of hydrogen-bond donors (Lipinski definition) is 2. The number of rotatable bonds is 0. The lowest BCUT2D eigenvalue weighted by atomic mass is 9.33. The van der Waals surface area contributed by atoms with E-state index in [-0.39, 0.29) is 44.7 Å². The van der Waals surface area contributed by atoms with Crippen molar-refractivity contribution in [2.45, 2.75) is 126 Å². The highest BCUT2D eigenvalue weighted by Crippen LogP contribution is 2.76. The van der Waals surface area contributed by atoms with Crippen molar-refractivity contribution in [3.63, 3.8) is 0 Å². The third-order valence-corrected chi connectivity index (χ3v) is 13.5. The summed E-state index contributed by atoms with van der Waals surface area (Å²) in [4.78, 5) is 0. The van der Waals surface area contributed by atoms with Gasteiger partial charge in [0.2, 0.25) is 0 Å². The molecule has 5 aliphatic rings. The van der Waals surface area contributed by atoms with Crippen LogP contribution in [0.5, 0.6) is 0 Å². The van der Waals surface area contributed by atoms with Crippen LogP contribution in [0.2, 0.25) is 0 Å². The van der Waals surface area contributed by atoms with Gasteiger partial charge in [-0.25, -0.2) is 0 Å². The van der Waals surface area contributed by atoms with E-state index >= 15 is 0 Å². The Morgan fingerprint density at radius 3 is 2.09 bits per heavy atom. The molecule has 4 saturated carbocycles. The van der Waals surface area contributed by atoms with Gasteiger partial charge >= 0.3 is 0 Å². The van der Waals surface area contributed by atoms with E-state index in [1.165, 1.54) is 32.1 Å². The van der Waals surface area contributed by atoms with Crippen LogP contribution in [0.25, 0.3) is 0 Å². The fourth-order valence-corrected chi connectivity index (χ4v) is 11.2. The fourth-order valence-electron chi connectivity index (χ4n) is 11.2. The standard InChI is InChI=1S/C31H52O2/c1-19-18-29(7)21(27(4,5)24(19)32)12-13-31(9)22(29)11-10-20-23-25(33)26(2,3)14-15-28(23,6)16-17-30(20,31)8/h10,19,21-25,32-33H,11-18H2,1-9H3. The van der Waals surface area contributed by atoms with Gasteiger partial charge in [-0.1, -0.05) is 74.0 Å². The van der Waals surface area contributed by atoms with Crippen LogP contribution in [0.3, 0.4) is 0 Å². The molecule has 10 unspecified atom stereocenters. The smallest absolute Gasteiger partial charge is 0.0661 e. The molecular weight excluding hydrogens is 404 g/mol. The zero-order valence-electron chi connectivity index (χ0n) is 23.1. The number of allylic oxidation sites excluding steroid dienone is 1. The second kappa shape index (κ2) is 6.90. The molecule has 2 heteroatoms. The minimum Gasteiger partial charge on any atom is -0.392 e. The predicted octanol–water partition coefficient (Wildman–Crippen LogP) is 7.39. The average molecular weight is 457 g/mol. The van der Waals surface area contributed by atoms with Crippen LogP contribution < -0.4 is 0 Å². The number of fused-ring (bicyclic) bond motifs is 7. The first-order valence-corrected chi connectivity index (χ1v) is 14.1.